The summed E-state index contributed by atoms with van der Waals surface area (Å²) in [4.78, 5) is 15.1. The van der Waals surface area contributed by atoms with E-state index < -0.39 is 5.97 Å². The number of benzene rings is 3. The van der Waals surface area contributed by atoms with Crippen molar-refractivity contribution in [3.05, 3.63) is 108 Å². The predicted molar refractivity (Wildman–Crippen MR) is 147 cm³/mol. The number of carboxylic acid groups (broad SMARTS) is 1. The van der Waals surface area contributed by atoms with Crippen LogP contribution in [0.25, 0.3) is 33.2 Å². The Morgan fingerprint density at radius 2 is 1.71 bits per heavy atom. The highest BCUT2D eigenvalue weighted by atomic mass is 19.1. The summed E-state index contributed by atoms with van der Waals surface area (Å²) >= 11 is 0. The molecule has 0 bridgehead atoms. The van der Waals surface area contributed by atoms with Gasteiger partial charge in [-0.15, -0.1) is 0 Å². The minimum Gasteiger partial charge on any atom is -0.478 e. The molecule has 7 heteroatoms. The minimum atomic E-state index is -0.958. The monoisotopic (exact) mass is 509 g/mol. The van der Waals surface area contributed by atoms with Crippen molar-refractivity contribution in [2.75, 3.05) is 12.8 Å². The van der Waals surface area contributed by atoms with Gasteiger partial charge in [0.25, 0.3) is 0 Å². The molecule has 1 aliphatic carbocycles. The summed E-state index contributed by atoms with van der Waals surface area (Å²) < 4.78 is 19.4. The molecule has 1 aliphatic rings. The van der Waals surface area contributed by atoms with Gasteiger partial charge in [-0.2, -0.15) is 0 Å². The van der Waals surface area contributed by atoms with Crippen molar-refractivity contribution >= 4 is 22.8 Å². The second-order valence-electron chi connectivity index (χ2n) is 9.37. The number of anilines is 1. The Hall–Kier alpha value is -4.49. The van der Waals surface area contributed by atoms with Gasteiger partial charge < -0.3 is 20.6 Å². The molecule has 0 atom stereocenters. The number of carbonyl (C=O) groups is 1. The SMILES string of the molecule is CNCc1cc2cc(-c3ccc(C(=O)O)cc3)cc(-c3ccc(F)cc3)c2o1.Nc1ccc(C2CC2)cn1. The number of nitrogens with zero attached hydrogens (tertiary/aromatic N) is 1. The van der Waals surface area contributed by atoms with Crippen molar-refractivity contribution < 1.29 is 18.7 Å². The molecule has 0 unspecified atom stereocenters. The first-order valence-electron chi connectivity index (χ1n) is 12.4. The third-order valence-electron chi connectivity index (χ3n) is 6.50. The molecular weight excluding hydrogens is 481 g/mol. The topological polar surface area (TPSA) is 101 Å². The molecule has 0 saturated heterocycles. The van der Waals surface area contributed by atoms with Crippen molar-refractivity contribution in [3.63, 3.8) is 0 Å². The zero-order valence-electron chi connectivity index (χ0n) is 20.9. The van der Waals surface area contributed by atoms with Crippen LogP contribution in [-0.4, -0.2) is 23.1 Å². The van der Waals surface area contributed by atoms with Gasteiger partial charge in [-0.3, -0.25) is 0 Å². The van der Waals surface area contributed by atoms with E-state index in [9.17, 15) is 9.18 Å². The molecule has 3 aromatic carbocycles. The number of nitrogens with one attached hydrogen (secondary N) is 1. The van der Waals surface area contributed by atoms with Crippen LogP contribution >= 0.6 is 0 Å². The molecule has 2 heterocycles. The van der Waals surface area contributed by atoms with E-state index >= 15 is 0 Å². The van der Waals surface area contributed by atoms with Gasteiger partial charge >= 0.3 is 5.97 Å². The van der Waals surface area contributed by atoms with E-state index in [0.717, 1.165) is 44.9 Å². The Balaban J connectivity index is 0.000000244. The largest absolute Gasteiger partial charge is 0.478 e. The second-order valence-corrected chi connectivity index (χ2v) is 9.37. The van der Waals surface area contributed by atoms with Gasteiger partial charge in [0.15, 0.2) is 0 Å². The standard InChI is InChI=1S/C23H18FNO3.C8H10N2/c1-25-13-20-11-18-10-17(14-2-4-16(5-3-14)23(26)27)12-21(22(18)28-20)15-6-8-19(24)9-7-15;9-8-4-3-7(5-10-8)6-1-2-6/h2-12,25H,13H2,1H3,(H,26,27);3-6H,1-2H2,(H2,9,10). The number of carboxylic acids is 1. The highest BCUT2D eigenvalue weighted by molar-refractivity contribution is 5.97. The molecule has 1 fully saturated rings. The summed E-state index contributed by atoms with van der Waals surface area (Å²) in [6.45, 7) is 0.597. The molecule has 1 saturated carbocycles. The number of nitrogen functional groups attached to an aromatic ring is 1. The average Bonchev–Trinajstić information content (AvgIpc) is 3.69. The van der Waals surface area contributed by atoms with Crippen LogP contribution in [0.3, 0.4) is 0 Å². The van der Waals surface area contributed by atoms with Gasteiger partial charge in [0.1, 0.15) is 23.0 Å². The second kappa shape index (κ2) is 10.9. The Labute approximate surface area is 219 Å². The van der Waals surface area contributed by atoms with E-state index in [0.29, 0.717) is 12.4 Å². The summed E-state index contributed by atoms with van der Waals surface area (Å²) in [7, 11) is 1.85. The lowest BCUT2D eigenvalue weighted by molar-refractivity contribution is 0.0697. The number of hydrogen-bond donors (Lipinski definition) is 3. The van der Waals surface area contributed by atoms with E-state index in [4.69, 9.17) is 15.3 Å². The predicted octanol–water partition coefficient (Wildman–Crippen LogP) is 6.86. The smallest absolute Gasteiger partial charge is 0.335 e. The van der Waals surface area contributed by atoms with E-state index in [1.807, 2.05) is 37.5 Å². The summed E-state index contributed by atoms with van der Waals surface area (Å²) in [6, 6.07) is 23.0. The van der Waals surface area contributed by atoms with Crippen molar-refractivity contribution in [3.8, 4) is 22.3 Å². The maximum atomic E-state index is 13.4. The normalized spacial score (nSPS) is 12.7. The van der Waals surface area contributed by atoms with E-state index in [1.54, 1.807) is 36.4 Å². The molecule has 0 spiro atoms. The van der Waals surface area contributed by atoms with Crippen molar-refractivity contribution in [1.29, 1.82) is 0 Å². The molecule has 6 rings (SSSR count). The van der Waals surface area contributed by atoms with Gasteiger partial charge in [-0.05, 0) is 96.6 Å². The van der Waals surface area contributed by atoms with Crippen LogP contribution in [-0.2, 0) is 6.54 Å². The zero-order valence-corrected chi connectivity index (χ0v) is 20.9. The summed E-state index contributed by atoms with van der Waals surface area (Å²) in [6.07, 6.45) is 4.53. The maximum Gasteiger partial charge on any atom is 0.335 e. The number of pyridine rings is 1. The van der Waals surface area contributed by atoms with Crippen LogP contribution in [0.4, 0.5) is 10.2 Å². The highest BCUT2D eigenvalue weighted by Crippen LogP contribution is 2.39. The Morgan fingerprint density at radius 3 is 2.32 bits per heavy atom. The molecule has 0 aliphatic heterocycles. The van der Waals surface area contributed by atoms with Crippen LogP contribution in [0, 0.1) is 5.82 Å². The zero-order chi connectivity index (χ0) is 26.6. The minimum absolute atomic E-state index is 0.239. The molecular formula is C31H28FN3O3. The lowest BCUT2D eigenvalue weighted by Crippen LogP contribution is -2.03. The maximum absolute atomic E-state index is 13.4. The fourth-order valence-electron chi connectivity index (χ4n) is 4.36. The quantitative estimate of drug-likeness (QED) is 0.231. The summed E-state index contributed by atoms with van der Waals surface area (Å²) in [5.74, 6) is 0.952. The van der Waals surface area contributed by atoms with Crippen LogP contribution in [0.1, 0.15) is 40.4 Å². The van der Waals surface area contributed by atoms with Gasteiger partial charge in [0, 0.05) is 17.1 Å². The van der Waals surface area contributed by atoms with E-state index in [1.165, 1.54) is 30.5 Å². The lowest BCUT2D eigenvalue weighted by Gasteiger charge is -2.08. The number of rotatable bonds is 6. The van der Waals surface area contributed by atoms with Gasteiger partial charge in [0.2, 0.25) is 0 Å². The van der Waals surface area contributed by atoms with Gasteiger partial charge in [-0.25, -0.2) is 14.2 Å². The third kappa shape index (κ3) is 5.74. The van der Waals surface area contributed by atoms with Gasteiger partial charge in [0.05, 0.1) is 12.1 Å². The number of hydrogen-bond acceptors (Lipinski definition) is 5. The van der Waals surface area contributed by atoms with E-state index in [2.05, 4.69) is 16.4 Å². The first-order chi connectivity index (χ1) is 18.4. The number of aromatic nitrogens is 1. The molecule has 2 aromatic heterocycles. The molecule has 0 radical (unpaired) electrons. The van der Waals surface area contributed by atoms with Crippen molar-refractivity contribution in [2.45, 2.75) is 25.3 Å². The number of nitrogens with two attached hydrogens (primary N) is 1. The number of fused-ring (bicyclic) bond motifs is 1. The fraction of sp³-hybridized carbons (Fsp3) is 0.161. The van der Waals surface area contributed by atoms with Crippen LogP contribution in [0.2, 0.25) is 0 Å². The van der Waals surface area contributed by atoms with Gasteiger partial charge in [-0.1, -0.05) is 30.3 Å². The fourth-order valence-corrected chi connectivity index (χ4v) is 4.36. The Bertz CT molecular complexity index is 1560. The van der Waals surface area contributed by atoms with Crippen LogP contribution < -0.4 is 11.1 Å². The molecule has 38 heavy (non-hydrogen) atoms. The molecule has 6 nitrogen and oxygen atoms in total. The first kappa shape index (κ1) is 25.2. The number of aromatic carboxylic acids is 1. The van der Waals surface area contributed by atoms with Crippen molar-refractivity contribution in [1.82, 2.24) is 10.3 Å². The third-order valence-corrected chi connectivity index (χ3v) is 6.50. The molecule has 0 amide bonds. The average molecular weight is 510 g/mol. The Morgan fingerprint density at radius 1 is 1.00 bits per heavy atom. The number of halogens is 1. The van der Waals surface area contributed by atoms with Crippen LogP contribution in [0.15, 0.2) is 89.5 Å². The number of furan rings is 1. The van der Waals surface area contributed by atoms with Crippen molar-refractivity contribution in [2.24, 2.45) is 0 Å². The molecule has 4 N–H and O–H groups in total. The summed E-state index contributed by atoms with van der Waals surface area (Å²) in [5.41, 5.74) is 11.3. The highest BCUT2D eigenvalue weighted by Gasteiger charge is 2.23. The molecule has 5 aromatic rings. The first-order valence-corrected chi connectivity index (χ1v) is 12.4. The van der Waals surface area contributed by atoms with E-state index in [-0.39, 0.29) is 11.4 Å². The lowest BCUT2D eigenvalue weighted by atomic mass is 9.96. The summed E-state index contributed by atoms with van der Waals surface area (Å²) in [5, 5.41) is 13.1. The Kier molecular flexibility index (Phi) is 7.20. The van der Waals surface area contributed by atoms with Crippen LogP contribution in [0.5, 0.6) is 0 Å². The molecule has 192 valence electrons.